The number of carbonyl (C=O) groups is 1. The number of hydrogen-bond acceptors (Lipinski definition) is 5. The maximum absolute atomic E-state index is 10.7. The molecule has 0 amide bonds. The van der Waals surface area contributed by atoms with E-state index >= 15 is 0 Å². The molecule has 0 saturated carbocycles. The number of rotatable bonds is 3. The number of carboxylic acid groups (broad SMARTS) is 1. The number of carboxylic acids is 1. The van der Waals surface area contributed by atoms with Crippen molar-refractivity contribution in [1.29, 1.82) is 0 Å². The number of aromatic carboxylic acids is 1. The second kappa shape index (κ2) is 3.77. The summed E-state index contributed by atoms with van der Waals surface area (Å²) in [6.45, 7) is 2.20. The van der Waals surface area contributed by atoms with Crippen LogP contribution in [0.5, 0.6) is 0 Å². The van der Waals surface area contributed by atoms with E-state index < -0.39 is 5.97 Å². The summed E-state index contributed by atoms with van der Waals surface area (Å²) in [6, 6.07) is 0. The normalized spacial score (nSPS) is 10.5. The van der Waals surface area contributed by atoms with Crippen LogP contribution < -0.4 is 0 Å². The van der Waals surface area contributed by atoms with Gasteiger partial charge in [-0.3, -0.25) is 0 Å². The number of thiazole rings is 1. The summed E-state index contributed by atoms with van der Waals surface area (Å²) in [4.78, 5) is 19.3. The van der Waals surface area contributed by atoms with Crippen LogP contribution in [0.4, 0.5) is 0 Å². The fraction of sp³-hybridized carbons (Fsp3) is 0.250. The Balaban J connectivity index is 2.23. The highest BCUT2D eigenvalue weighted by molar-refractivity contribution is 7.11. The molecule has 0 atom stereocenters. The Labute approximate surface area is 89.2 Å². The molecule has 0 spiro atoms. The Morgan fingerprint density at radius 3 is 3.00 bits per heavy atom. The van der Waals surface area contributed by atoms with Crippen molar-refractivity contribution in [2.75, 3.05) is 0 Å². The molecule has 7 heteroatoms. The minimum absolute atomic E-state index is 0.120. The van der Waals surface area contributed by atoms with Crippen molar-refractivity contribution >= 4 is 17.3 Å². The first kappa shape index (κ1) is 9.78. The van der Waals surface area contributed by atoms with E-state index in [0.717, 1.165) is 5.01 Å². The van der Waals surface area contributed by atoms with E-state index in [4.69, 9.17) is 5.11 Å². The molecule has 0 aliphatic carbocycles. The third-order valence-corrected chi connectivity index (χ3v) is 2.76. The molecular weight excluding hydrogens is 216 g/mol. The molecule has 0 aliphatic rings. The molecule has 0 bridgehead atoms. The summed E-state index contributed by atoms with van der Waals surface area (Å²) in [7, 11) is 0. The first-order valence-electron chi connectivity index (χ1n) is 4.19. The molecule has 0 saturated heterocycles. The van der Waals surface area contributed by atoms with Crippen molar-refractivity contribution in [2.45, 2.75) is 13.5 Å². The molecule has 15 heavy (non-hydrogen) atoms. The lowest BCUT2D eigenvalue weighted by molar-refractivity contribution is 0.0690. The monoisotopic (exact) mass is 224 g/mol. The third-order valence-electron chi connectivity index (χ3n) is 1.81. The molecule has 0 radical (unpaired) electrons. The summed E-state index contributed by atoms with van der Waals surface area (Å²) >= 11 is 1.36. The van der Waals surface area contributed by atoms with Gasteiger partial charge < -0.3 is 5.11 Å². The molecule has 2 aromatic rings. The molecule has 2 aromatic heterocycles. The second-order valence-electron chi connectivity index (χ2n) is 2.91. The van der Waals surface area contributed by atoms with E-state index in [0.29, 0.717) is 11.4 Å². The summed E-state index contributed by atoms with van der Waals surface area (Å²) in [5, 5.41) is 13.5. The van der Waals surface area contributed by atoms with Crippen molar-refractivity contribution in [3.05, 3.63) is 28.2 Å². The highest BCUT2D eigenvalue weighted by Crippen LogP contribution is 2.17. The average Bonchev–Trinajstić information content (AvgIpc) is 2.75. The van der Waals surface area contributed by atoms with Crippen molar-refractivity contribution in [1.82, 2.24) is 19.7 Å². The van der Waals surface area contributed by atoms with E-state index in [1.54, 1.807) is 17.9 Å². The van der Waals surface area contributed by atoms with E-state index in [1.165, 1.54) is 17.7 Å². The topological polar surface area (TPSA) is 80.9 Å². The standard InChI is InChI=1S/C8H8N4O2S/c1-5-7(8(13)14)11-6(15-5)2-12-4-9-3-10-12/h3-4H,2H2,1H3,(H,13,14). The van der Waals surface area contributed by atoms with Gasteiger partial charge >= 0.3 is 5.97 Å². The van der Waals surface area contributed by atoms with Crippen molar-refractivity contribution in [3.8, 4) is 0 Å². The molecule has 1 N–H and O–H groups in total. The smallest absolute Gasteiger partial charge is 0.355 e. The number of aromatic nitrogens is 4. The first-order valence-corrected chi connectivity index (χ1v) is 5.00. The van der Waals surface area contributed by atoms with Gasteiger partial charge in [0.25, 0.3) is 0 Å². The molecule has 2 rings (SSSR count). The van der Waals surface area contributed by atoms with E-state index in [9.17, 15) is 4.79 Å². The van der Waals surface area contributed by atoms with Crippen LogP contribution >= 0.6 is 11.3 Å². The maximum atomic E-state index is 10.7. The van der Waals surface area contributed by atoms with Crippen LogP contribution in [-0.4, -0.2) is 30.8 Å². The van der Waals surface area contributed by atoms with Crippen LogP contribution in [-0.2, 0) is 6.54 Å². The quantitative estimate of drug-likeness (QED) is 0.833. The van der Waals surface area contributed by atoms with Crippen LogP contribution in [0.3, 0.4) is 0 Å². The van der Waals surface area contributed by atoms with E-state index in [-0.39, 0.29) is 5.69 Å². The summed E-state index contributed by atoms with van der Waals surface area (Å²) in [6.07, 6.45) is 3.00. The Kier molecular flexibility index (Phi) is 2.46. The molecular formula is C8H8N4O2S. The van der Waals surface area contributed by atoms with E-state index in [1.807, 2.05) is 0 Å². The molecule has 0 unspecified atom stereocenters. The lowest BCUT2D eigenvalue weighted by atomic mass is 10.4. The van der Waals surface area contributed by atoms with Crippen molar-refractivity contribution in [2.24, 2.45) is 0 Å². The number of nitrogens with zero attached hydrogens (tertiary/aromatic N) is 4. The van der Waals surface area contributed by atoms with Crippen molar-refractivity contribution < 1.29 is 9.90 Å². The predicted octanol–water partition coefficient (Wildman–Crippen LogP) is 0.790. The molecule has 0 aliphatic heterocycles. The lowest BCUT2D eigenvalue weighted by Crippen LogP contribution is -2.02. The summed E-state index contributed by atoms with van der Waals surface area (Å²) in [5.41, 5.74) is 0.120. The maximum Gasteiger partial charge on any atom is 0.355 e. The van der Waals surface area contributed by atoms with Gasteiger partial charge in [0, 0.05) is 4.88 Å². The second-order valence-corrected chi connectivity index (χ2v) is 4.20. The van der Waals surface area contributed by atoms with Crippen LogP contribution in [0, 0.1) is 6.92 Å². The highest BCUT2D eigenvalue weighted by atomic mass is 32.1. The Morgan fingerprint density at radius 1 is 1.67 bits per heavy atom. The fourth-order valence-corrected chi connectivity index (χ4v) is 2.09. The van der Waals surface area contributed by atoms with E-state index in [2.05, 4.69) is 15.1 Å². The predicted molar refractivity (Wildman–Crippen MR) is 52.9 cm³/mol. The van der Waals surface area contributed by atoms with Gasteiger partial charge in [0.1, 0.15) is 17.7 Å². The van der Waals surface area contributed by atoms with Gasteiger partial charge in [-0.25, -0.2) is 19.4 Å². The van der Waals surface area contributed by atoms with Gasteiger partial charge in [0.2, 0.25) is 0 Å². The van der Waals surface area contributed by atoms with Gasteiger partial charge in [-0.15, -0.1) is 11.3 Å². The van der Waals surface area contributed by atoms with Gasteiger partial charge in [0.15, 0.2) is 5.69 Å². The zero-order valence-corrected chi connectivity index (χ0v) is 8.73. The molecule has 0 aromatic carbocycles. The molecule has 78 valence electrons. The molecule has 2 heterocycles. The summed E-state index contributed by atoms with van der Waals surface area (Å²) in [5.74, 6) is -0.992. The Hall–Kier alpha value is -1.76. The highest BCUT2D eigenvalue weighted by Gasteiger charge is 2.13. The minimum Gasteiger partial charge on any atom is -0.476 e. The zero-order valence-electron chi connectivity index (χ0n) is 7.91. The van der Waals surface area contributed by atoms with Crippen molar-refractivity contribution in [3.63, 3.8) is 0 Å². The minimum atomic E-state index is -0.992. The van der Waals surface area contributed by atoms with Gasteiger partial charge in [-0.2, -0.15) is 5.10 Å². The number of hydrogen-bond donors (Lipinski definition) is 1. The molecule has 0 fully saturated rings. The zero-order chi connectivity index (χ0) is 10.8. The third kappa shape index (κ3) is 2.01. The Bertz CT molecular complexity index is 477. The van der Waals surface area contributed by atoms with Gasteiger partial charge in [-0.05, 0) is 6.92 Å². The number of aryl methyl sites for hydroxylation is 1. The van der Waals surface area contributed by atoms with Crippen LogP contribution in [0.2, 0.25) is 0 Å². The summed E-state index contributed by atoms with van der Waals surface area (Å²) < 4.78 is 1.60. The fourth-order valence-electron chi connectivity index (χ4n) is 1.17. The SMILES string of the molecule is Cc1sc(Cn2cncn2)nc1C(=O)O. The first-order chi connectivity index (χ1) is 7.16. The van der Waals surface area contributed by atoms with Gasteiger partial charge in [-0.1, -0.05) is 0 Å². The Morgan fingerprint density at radius 2 is 2.47 bits per heavy atom. The van der Waals surface area contributed by atoms with Crippen LogP contribution in [0.1, 0.15) is 20.4 Å². The van der Waals surface area contributed by atoms with Crippen LogP contribution in [0.15, 0.2) is 12.7 Å². The molecule has 6 nitrogen and oxygen atoms in total. The lowest BCUT2D eigenvalue weighted by Gasteiger charge is -1.93. The average molecular weight is 224 g/mol. The van der Waals surface area contributed by atoms with Gasteiger partial charge in [0.05, 0.1) is 6.54 Å². The largest absolute Gasteiger partial charge is 0.476 e. The van der Waals surface area contributed by atoms with Crippen LogP contribution in [0.25, 0.3) is 0 Å².